The Morgan fingerprint density at radius 2 is 2.11 bits per heavy atom. The highest BCUT2D eigenvalue weighted by Crippen LogP contribution is 2.28. The van der Waals surface area contributed by atoms with Gasteiger partial charge in [0.2, 0.25) is 5.91 Å². The Labute approximate surface area is 161 Å². The Morgan fingerprint density at radius 1 is 1.33 bits per heavy atom. The molecule has 7 nitrogen and oxygen atoms in total. The molecule has 1 unspecified atom stereocenters. The van der Waals surface area contributed by atoms with Crippen LogP contribution in [0.15, 0.2) is 22.6 Å². The molecule has 2 heterocycles. The third-order valence-corrected chi connectivity index (χ3v) is 6.00. The van der Waals surface area contributed by atoms with Gasteiger partial charge in [-0.05, 0) is 30.2 Å². The van der Waals surface area contributed by atoms with Crippen LogP contribution in [0.4, 0.5) is 0 Å². The molecule has 27 heavy (non-hydrogen) atoms. The van der Waals surface area contributed by atoms with Gasteiger partial charge in [-0.15, -0.1) is 11.3 Å². The highest BCUT2D eigenvalue weighted by atomic mass is 32.1. The molecule has 0 spiro atoms. The van der Waals surface area contributed by atoms with Gasteiger partial charge in [0, 0.05) is 12.5 Å². The number of rotatable bonds is 8. The number of thiophene rings is 1. The van der Waals surface area contributed by atoms with Crippen LogP contribution in [0.5, 0.6) is 0 Å². The second-order valence-corrected chi connectivity index (χ2v) is 8.15. The number of hydrogen-bond donors (Lipinski definition) is 2. The lowest BCUT2D eigenvalue weighted by Gasteiger charge is -2.27. The Hall–Kier alpha value is -2.22. The molecule has 1 aliphatic rings. The molecule has 2 N–H and O–H groups in total. The van der Waals surface area contributed by atoms with Crippen LogP contribution in [0, 0.1) is 5.92 Å². The number of amides is 1. The lowest BCUT2D eigenvalue weighted by atomic mass is 9.84. The zero-order valence-electron chi connectivity index (χ0n) is 15.2. The molecule has 0 bridgehead atoms. The number of carbonyl (C=O) groups is 2. The minimum absolute atomic E-state index is 0.0278. The largest absolute Gasteiger partial charge is 0.481 e. The van der Waals surface area contributed by atoms with Crippen LogP contribution in [0.1, 0.15) is 51.4 Å². The van der Waals surface area contributed by atoms with E-state index in [1.165, 1.54) is 41.5 Å². The summed E-state index contributed by atoms with van der Waals surface area (Å²) in [7, 11) is 0. The van der Waals surface area contributed by atoms with E-state index >= 15 is 0 Å². The third kappa shape index (κ3) is 5.38. The van der Waals surface area contributed by atoms with Crippen molar-refractivity contribution in [2.24, 2.45) is 5.92 Å². The van der Waals surface area contributed by atoms with E-state index in [9.17, 15) is 14.4 Å². The second-order valence-electron chi connectivity index (χ2n) is 7.25. The molecule has 0 saturated heterocycles. The molecule has 1 fully saturated rings. The number of nitrogens with zero attached hydrogens (tertiary/aromatic N) is 2. The maximum absolute atomic E-state index is 12.5. The zero-order valence-corrected chi connectivity index (χ0v) is 16.0. The molecule has 146 valence electrons. The predicted octanol–water partition coefficient (Wildman–Crippen LogP) is 2.78. The van der Waals surface area contributed by atoms with Crippen LogP contribution in [0.3, 0.4) is 0 Å². The van der Waals surface area contributed by atoms with Gasteiger partial charge in [-0.2, -0.15) is 0 Å². The third-order valence-electron chi connectivity index (χ3n) is 5.18. The fourth-order valence-corrected chi connectivity index (χ4v) is 4.53. The molecule has 0 aliphatic heterocycles. The minimum Gasteiger partial charge on any atom is -0.481 e. The van der Waals surface area contributed by atoms with Gasteiger partial charge in [0.15, 0.2) is 0 Å². The first-order chi connectivity index (χ1) is 13.0. The molecule has 1 atom stereocenters. The fourth-order valence-electron chi connectivity index (χ4n) is 3.81. The van der Waals surface area contributed by atoms with Crippen molar-refractivity contribution in [2.45, 2.75) is 64.0 Å². The maximum Gasteiger partial charge on any atom is 0.303 e. The second kappa shape index (κ2) is 9.12. The van der Waals surface area contributed by atoms with Crippen molar-refractivity contribution in [1.29, 1.82) is 0 Å². The van der Waals surface area contributed by atoms with Crippen molar-refractivity contribution in [3.8, 4) is 0 Å². The summed E-state index contributed by atoms with van der Waals surface area (Å²) in [5, 5.41) is 14.3. The lowest BCUT2D eigenvalue weighted by molar-refractivity contribution is -0.137. The molecule has 1 aliphatic carbocycles. The summed E-state index contributed by atoms with van der Waals surface area (Å²) in [6.45, 7) is -0.105. The first-order valence-electron chi connectivity index (χ1n) is 9.46. The smallest absolute Gasteiger partial charge is 0.303 e. The number of fused-ring (bicyclic) bond motifs is 1. The number of carboxylic acid groups (broad SMARTS) is 1. The van der Waals surface area contributed by atoms with Crippen molar-refractivity contribution in [3.05, 3.63) is 28.1 Å². The van der Waals surface area contributed by atoms with Crippen LogP contribution in [0.25, 0.3) is 10.2 Å². The van der Waals surface area contributed by atoms with Gasteiger partial charge in [-0.25, -0.2) is 4.98 Å². The standard InChI is InChI=1S/C19H25N3O4S/c23-16(11-22-12-20-18-15(19(22)26)8-9-27-18)21-14(6-7-17(24)25)10-13-4-2-1-3-5-13/h8-9,12-14H,1-7,10-11H2,(H,21,23)(H,24,25). The van der Waals surface area contributed by atoms with E-state index in [2.05, 4.69) is 10.3 Å². The Kier molecular flexibility index (Phi) is 6.60. The summed E-state index contributed by atoms with van der Waals surface area (Å²) in [6, 6.07) is 1.54. The normalized spacial score (nSPS) is 16.3. The lowest BCUT2D eigenvalue weighted by Crippen LogP contribution is -2.40. The van der Waals surface area contributed by atoms with Gasteiger partial charge >= 0.3 is 5.97 Å². The number of aliphatic carboxylic acids is 1. The SMILES string of the molecule is O=C(O)CCC(CC1CCCCC1)NC(=O)Cn1cnc2sccc2c1=O. The molecule has 1 saturated carbocycles. The number of hydrogen-bond acceptors (Lipinski definition) is 5. The summed E-state index contributed by atoms with van der Waals surface area (Å²) < 4.78 is 1.30. The van der Waals surface area contributed by atoms with Crippen LogP contribution >= 0.6 is 11.3 Å². The first kappa shape index (κ1) is 19.5. The van der Waals surface area contributed by atoms with E-state index in [1.807, 2.05) is 0 Å². The van der Waals surface area contributed by atoms with E-state index < -0.39 is 5.97 Å². The molecule has 3 rings (SSSR count). The molecule has 1 amide bonds. The summed E-state index contributed by atoms with van der Waals surface area (Å²) in [5.74, 6) is -0.606. The molecule has 2 aromatic rings. The van der Waals surface area contributed by atoms with E-state index in [-0.39, 0.29) is 30.5 Å². The van der Waals surface area contributed by atoms with Gasteiger partial charge in [-0.1, -0.05) is 32.1 Å². The van der Waals surface area contributed by atoms with Gasteiger partial charge in [-0.3, -0.25) is 19.0 Å². The highest BCUT2D eigenvalue weighted by Gasteiger charge is 2.21. The van der Waals surface area contributed by atoms with Gasteiger partial charge in [0.25, 0.3) is 5.56 Å². The van der Waals surface area contributed by atoms with Crippen LogP contribution < -0.4 is 10.9 Å². The zero-order chi connectivity index (χ0) is 19.2. The van der Waals surface area contributed by atoms with Crippen molar-refractivity contribution >= 4 is 33.4 Å². The average Bonchev–Trinajstić information content (AvgIpc) is 3.12. The molecule has 8 heteroatoms. The summed E-state index contributed by atoms with van der Waals surface area (Å²) in [5.41, 5.74) is -0.231. The van der Waals surface area contributed by atoms with Crippen LogP contribution in [0.2, 0.25) is 0 Å². The first-order valence-corrected chi connectivity index (χ1v) is 10.3. The predicted molar refractivity (Wildman–Crippen MR) is 104 cm³/mol. The molecular formula is C19H25N3O4S. The average molecular weight is 391 g/mol. The van der Waals surface area contributed by atoms with Gasteiger partial charge < -0.3 is 10.4 Å². The summed E-state index contributed by atoms with van der Waals surface area (Å²) in [6.07, 6.45) is 8.56. The van der Waals surface area contributed by atoms with Crippen molar-refractivity contribution in [2.75, 3.05) is 0 Å². The summed E-state index contributed by atoms with van der Waals surface area (Å²) in [4.78, 5) is 40.7. The van der Waals surface area contributed by atoms with Crippen LogP contribution in [-0.4, -0.2) is 32.6 Å². The Bertz CT molecular complexity index is 854. The molecular weight excluding hydrogens is 366 g/mol. The number of carboxylic acids is 1. The number of aromatic nitrogens is 2. The molecule has 0 aromatic carbocycles. The van der Waals surface area contributed by atoms with Gasteiger partial charge in [0.05, 0.1) is 11.7 Å². The van der Waals surface area contributed by atoms with E-state index in [0.717, 1.165) is 19.3 Å². The van der Waals surface area contributed by atoms with Crippen molar-refractivity contribution in [3.63, 3.8) is 0 Å². The number of nitrogens with one attached hydrogen (secondary N) is 1. The fraction of sp³-hybridized carbons (Fsp3) is 0.579. The molecule has 0 radical (unpaired) electrons. The maximum atomic E-state index is 12.5. The minimum atomic E-state index is -0.860. The van der Waals surface area contributed by atoms with Gasteiger partial charge in [0.1, 0.15) is 11.4 Å². The van der Waals surface area contributed by atoms with E-state index in [1.54, 1.807) is 11.4 Å². The van der Waals surface area contributed by atoms with Crippen LogP contribution in [-0.2, 0) is 16.1 Å². The van der Waals surface area contributed by atoms with Crippen molar-refractivity contribution in [1.82, 2.24) is 14.9 Å². The highest BCUT2D eigenvalue weighted by molar-refractivity contribution is 7.16. The van der Waals surface area contributed by atoms with Crippen molar-refractivity contribution < 1.29 is 14.7 Å². The van der Waals surface area contributed by atoms with E-state index in [4.69, 9.17) is 5.11 Å². The quantitative estimate of drug-likeness (QED) is 0.720. The molecule has 2 aromatic heterocycles. The topological polar surface area (TPSA) is 101 Å². The Balaban J connectivity index is 1.63. The number of carbonyl (C=O) groups excluding carboxylic acids is 1. The van der Waals surface area contributed by atoms with E-state index in [0.29, 0.717) is 22.6 Å². The Morgan fingerprint density at radius 3 is 2.85 bits per heavy atom. The summed E-state index contributed by atoms with van der Waals surface area (Å²) >= 11 is 1.39. The monoisotopic (exact) mass is 391 g/mol.